The maximum absolute atomic E-state index is 13.5. The maximum Gasteiger partial charge on any atom is 0.260 e. The van der Waals surface area contributed by atoms with Crippen molar-refractivity contribution in [3.63, 3.8) is 0 Å². The Labute approximate surface area is 220 Å². The fraction of sp³-hybridized carbons (Fsp3) is 0.577. The van der Waals surface area contributed by atoms with E-state index in [4.69, 9.17) is 9.84 Å². The molecule has 4 heterocycles. The van der Waals surface area contributed by atoms with Gasteiger partial charge >= 0.3 is 0 Å². The quantitative estimate of drug-likeness (QED) is 0.316. The zero-order valence-corrected chi connectivity index (χ0v) is 21.6. The summed E-state index contributed by atoms with van der Waals surface area (Å²) in [5.74, 6) is 2.44. The van der Waals surface area contributed by atoms with Gasteiger partial charge in [-0.25, -0.2) is 14.4 Å². The highest BCUT2D eigenvalue weighted by Gasteiger charge is 2.46. The molecule has 4 aliphatic rings. The number of alkyl halides is 1. The molecule has 1 amide bonds. The fourth-order valence-corrected chi connectivity index (χ4v) is 6.26. The minimum Gasteiger partial charge on any atom is -0.459 e. The standard InChI is InChI=1S/C26H33FN6O3S/c27-16-36-21-1-2-22(30-24(21)33-14-17-11-18(17)15-33)31-25(35)19-13-28-23(37-29-7-10-34)12-20(19)32-8-5-26(3-4-26)6-9-32/h1-2,12-13,17-18,29,34H,3-11,14-16H2,(H,30,31,35). The maximum atomic E-state index is 13.5. The molecule has 2 saturated carbocycles. The number of hydrogen-bond acceptors (Lipinski definition) is 9. The number of carbonyl (C=O) groups excluding carboxylic acids is 1. The molecule has 2 aromatic rings. The van der Waals surface area contributed by atoms with Gasteiger partial charge in [0.25, 0.3) is 5.91 Å². The van der Waals surface area contributed by atoms with Crippen molar-refractivity contribution in [3.8, 4) is 5.75 Å². The number of fused-ring (bicyclic) bond motifs is 1. The molecule has 4 fully saturated rings. The van der Waals surface area contributed by atoms with Gasteiger partial charge in [0.15, 0.2) is 11.6 Å². The van der Waals surface area contributed by atoms with Gasteiger partial charge in [0.1, 0.15) is 10.8 Å². The zero-order chi connectivity index (χ0) is 25.4. The van der Waals surface area contributed by atoms with Crippen LogP contribution in [0.5, 0.6) is 5.75 Å². The number of nitrogens with zero attached hydrogens (tertiary/aromatic N) is 4. The van der Waals surface area contributed by atoms with Crippen LogP contribution in [0.15, 0.2) is 29.4 Å². The first-order chi connectivity index (χ1) is 18.1. The molecule has 2 aromatic heterocycles. The van der Waals surface area contributed by atoms with Crippen LogP contribution in [0.2, 0.25) is 0 Å². The Bertz CT molecular complexity index is 1150. The van der Waals surface area contributed by atoms with Crippen LogP contribution < -0.4 is 24.6 Å². The van der Waals surface area contributed by atoms with E-state index in [1.807, 2.05) is 6.07 Å². The second-order valence-corrected chi connectivity index (χ2v) is 11.5. The van der Waals surface area contributed by atoms with Gasteiger partial charge in [-0.05, 0) is 79.5 Å². The van der Waals surface area contributed by atoms with Crippen molar-refractivity contribution in [2.75, 3.05) is 61.3 Å². The Morgan fingerprint density at radius 2 is 1.97 bits per heavy atom. The fourth-order valence-electron chi connectivity index (χ4n) is 5.65. The van der Waals surface area contributed by atoms with Gasteiger partial charge in [0.05, 0.1) is 17.9 Å². The predicted octanol–water partition coefficient (Wildman–Crippen LogP) is 3.46. The smallest absolute Gasteiger partial charge is 0.260 e. The van der Waals surface area contributed by atoms with Crippen LogP contribution in [0.3, 0.4) is 0 Å². The Balaban J connectivity index is 1.23. The number of pyridine rings is 2. The van der Waals surface area contributed by atoms with Crippen molar-refractivity contribution in [1.82, 2.24) is 14.7 Å². The second-order valence-electron chi connectivity index (χ2n) is 10.6. The van der Waals surface area contributed by atoms with E-state index in [1.54, 1.807) is 18.3 Å². The van der Waals surface area contributed by atoms with Gasteiger partial charge in [-0.1, -0.05) is 0 Å². The van der Waals surface area contributed by atoms with Crippen LogP contribution in [-0.4, -0.2) is 67.2 Å². The van der Waals surface area contributed by atoms with Gasteiger partial charge in [0, 0.05) is 38.9 Å². The molecule has 1 spiro atoms. The second kappa shape index (κ2) is 10.3. The summed E-state index contributed by atoms with van der Waals surface area (Å²) >= 11 is 1.34. The topological polar surface area (TPSA) is 103 Å². The predicted molar refractivity (Wildman–Crippen MR) is 141 cm³/mol. The van der Waals surface area contributed by atoms with Gasteiger partial charge in [-0.2, -0.15) is 0 Å². The van der Waals surface area contributed by atoms with Gasteiger partial charge < -0.3 is 25.0 Å². The van der Waals surface area contributed by atoms with E-state index >= 15 is 0 Å². The van der Waals surface area contributed by atoms with E-state index in [1.165, 1.54) is 31.2 Å². The third kappa shape index (κ3) is 5.35. The molecule has 3 N–H and O–H groups in total. The van der Waals surface area contributed by atoms with Crippen LogP contribution in [0.25, 0.3) is 0 Å². The van der Waals surface area contributed by atoms with Gasteiger partial charge in [-0.15, -0.1) is 0 Å². The SMILES string of the molecule is O=C(Nc1ccc(OCF)c(N2CC3CC3C2)n1)c1cnc(SNCCO)cc1N1CCC2(CC1)CC2. The van der Waals surface area contributed by atoms with E-state index < -0.39 is 6.86 Å². The summed E-state index contributed by atoms with van der Waals surface area (Å²) < 4.78 is 21.3. The number of anilines is 3. The third-order valence-corrected chi connectivity index (χ3v) is 8.96. The first-order valence-corrected chi connectivity index (χ1v) is 13.9. The highest BCUT2D eigenvalue weighted by Crippen LogP contribution is 2.54. The lowest BCUT2D eigenvalue weighted by Crippen LogP contribution is -2.36. The highest BCUT2D eigenvalue weighted by molar-refractivity contribution is 7.97. The number of aromatic nitrogens is 2. The molecule has 11 heteroatoms. The van der Waals surface area contributed by atoms with E-state index in [2.05, 4.69) is 29.8 Å². The number of piperidine rings is 2. The first-order valence-electron chi connectivity index (χ1n) is 13.1. The van der Waals surface area contributed by atoms with E-state index in [9.17, 15) is 9.18 Å². The molecular formula is C26H33FN6O3S. The lowest BCUT2D eigenvalue weighted by Gasteiger charge is -2.34. The molecule has 9 nitrogen and oxygen atoms in total. The number of nitrogens with one attached hydrogen (secondary N) is 2. The summed E-state index contributed by atoms with van der Waals surface area (Å²) in [5.41, 5.74) is 1.87. The number of rotatable bonds is 10. The molecule has 0 bridgehead atoms. The van der Waals surface area contributed by atoms with E-state index in [-0.39, 0.29) is 12.5 Å². The number of carbonyl (C=O) groups is 1. The number of aliphatic hydroxyl groups excluding tert-OH is 1. The minimum absolute atomic E-state index is 0.0391. The van der Waals surface area contributed by atoms with E-state index in [0.29, 0.717) is 46.7 Å². The number of aliphatic hydroxyl groups is 1. The monoisotopic (exact) mass is 528 g/mol. The minimum atomic E-state index is -0.926. The van der Waals surface area contributed by atoms with Crippen molar-refractivity contribution in [3.05, 3.63) is 30.0 Å². The molecule has 2 unspecified atom stereocenters. The summed E-state index contributed by atoms with van der Waals surface area (Å²) in [7, 11) is 0. The summed E-state index contributed by atoms with van der Waals surface area (Å²) in [6, 6.07) is 5.27. The van der Waals surface area contributed by atoms with Crippen molar-refractivity contribution in [2.45, 2.75) is 37.1 Å². The molecule has 37 heavy (non-hydrogen) atoms. The molecular weight excluding hydrogens is 495 g/mol. The molecule has 0 aromatic carbocycles. The van der Waals surface area contributed by atoms with Crippen LogP contribution >= 0.6 is 11.9 Å². The first kappa shape index (κ1) is 24.7. The van der Waals surface area contributed by atoms with Crippen molar-refractivity contribution < 1.29 is 19.0 Å². The number of hydrogen-bond donors (Lipinski definition) is 3. The lowest BCUT2D eigenvalue weighted by atomic mass is 9.93. The molecule has 0 radical (unpaired) electrons. The van der Waals surface area contributed by atoms with Gasteiger partial charge in [-0.3, -0.25) is 9.52 Å². The van der Waals surface area contributed by atoms with Gasteiger partial charge in [0.2, 0.25) is 6.86 Å². The molecule has 198 valence electrons. The molecule has 6 rings (SSSR count). The largest absolute Gasteiger partial charge is 0.459 e. The highest BCUT2D eigenvalue weighted by atomic mass is 32.2. The molecule has 2 aliphatic carbocycles. The van der Waals surface area contributed by atoms with E-state index in [0.717, 1.165) is 49.7 Å². The average molecular weight is 529 g/mol. The summed E-state index contributed by atoms with van der Waals surface area (Å²) in [6.07, 6.45) is 7.76. The third-order valence-electron chi connectivity index (χ3n) is 8.18. The Kier molecular flexibility index (Phi) is 6.85. The summed E-state index contributed by atoms with van der Waals surface area (Å²) in [6.45, 7) is 3.14. The van der Waals surface area contributed by atoms with Crippen molar-refractivity contribution in [1.29, 1.82) is 0 Å². The number of ether oxygens (including phenoxy) is 1. The van der Waals surface area contributed by atoms with Crippen LogP contribution in [0.1, 0.15) is 42.5 Å². The Hall–Kier alpha value is -2.63. The molecule has 2 saturated heterocycles. The normalized spacial score (nSPS) is 23.2. The number of halogens is 1. The van der Waals surface area contributed by atoms with Crippen molar-refractivity contribution in [2.24, 2.45) is 17.3 Å². The van der Waals surface area contributed by atoms with Crippen LogP contribution in [0, 0.1) is 17.3 Å². The lowest BCUT2D eigenvalue weighted by molar-refractivity contribution is 0.102. The molecule has 2 aliphatic heterocycles. The average Bonchev–Trinajstić information content (AvgIpc) is 3.82. The molecule has 2 atom stereocenters. The Morgan fingerprint density at radius 3 is 2.68 bits per heavy atom. The van der Waals surface area contributed by atoms with Crippen molar-refractivity contribution >= 4 is 35.2 Å². The summed E-state index contributed by atoms with van der Waals surface area (Å²) in [4.78, 5) is 27.1. The number of amides is 1. The Morgan fingerprint density at radius 1 is 1.19 bits per heavy atom. The van der Waals surface area contributed by atoms with Crippen LogP contribution in [0.4, 0.5) is 21.7 Å². The zero-order valence-electron chi connectivity index (χ0n) is 20.8. The summed E-state index contributed by atoms with van der Waals surface area (Å²) in [5, 5.41) is 12.8. The van der Waals surface area contributed by atoms with Crippen LogP contribution in [-0.2, 0) is 0 Å².